The van der Waals surface area contributed by atoms with Crippen LogP contribution in [0.2, 0.25) is 0 Å². The average molecular weight is 173 g/mol. The molecule has 1 unspecified atom stereocenters. The molecule has 0 aromatic heterocycles. The van der Waals surface area contributed by atoms with Gasteiger partial charge in [-0.25, -0.2) is 5.11 Å². The van der Waals surface area contributed by atoms with Gasteiger partial charge < -0.3 is 4.74 Å². The first-order valence-corrected chi connectivity index (χ1v) is 5.01. The van der Waals surface area contributed by atoms with Crippen molar-refractivity contribution in [1.29, 1.82) is 0 Å². The molecule has 12 heavy (non-hydrogen) atoms. The molecule has 1 radical (unpaired) electrons. The van der Waals surface area contributed by atoms with E-state index in [1.807, 2.05) is 0 Å². The Morgan fingerprint density at radius 1 is 1.25 bits per heavy atom. The highest BCUT2D eigenvalue weighted by Gasteiger charge is 1.99. The summed E-state index contributed by atoms with van der Waals surface area (Å²) < 4.78 is 5.51. The largest absolute Gasteiger partial charge is 0.379 e. The second kappa shape index (κ2) is 9.01. The van der Waals surface area contributed by atoms with Gasteiger partial charge in [-0.05, 0) is 26.2 Å². The zero-order valence-corrected chi connectivity index (χ0v) is 8.34. The molecule has 0 heterocycles. The maximum absolute atomic E-state index is 10.1. The van der Waals surface area contributed by atoms with E-state index in [0.717, 1.165) is 25.9 Å². The minimum atomic E-state index is 0.0344. The predicted molar refractivity (Wildman–Crippen MR) is 49.7 cm³/mol. The van der Waals surface area contributed by atoms with Gasteiger partial charge in [0.1, 0.15) is 0 Å². The van der Waals surface area contributed by atoms with Crippen LogP contribution in [0.5, 0.6) is 0 Å². The molecule has 0 rings (SSSR count). The standard InChI is InChI=1S/C10H21O2/c1-3-4-7-10(2)12-9-6-5-8-11/h10H,3-9H2,1-2H3. The minimum Gasteiger partial charge on any atom is -0.379 e. The van der Waals surface area contributed by atoms with Crippen molar-refractivity contribution in [3.8, 4) is 0 Å². The van der Waals surface area contributed by atoms with Gasteiger partial charge >= 0.3 is 0 Å². The SMILES string of the molecule is CCCCC(C)OCCCC[O]. The van der Waals surface area contributed by atoms with Crippen LogP contribution in [0.3, 0.4) is 0 Å². The molecule has 0 aliphatic carbocycles. The quantitative estimate of drug-likeness (QED) is 0.519. The van der Waals surface area contributed by atoms with E-state index in [4.69, 9.17) is 4.74 Å². The van der Waals surface area contributed by atoms with Gasteiger partial charge in [0.15, 0.2) is 0 Å². The Bertz CT molecular complexity index is 83.9. The van der Waals surface area contributed by atoms with E-state index >= 15 is 0 Å². The van der Waals surface area contributed by atoms with Crippen molar-refractivity contribution in [2.45, 2.75) is 52.1 Å². The molecule has 0 saturated heterocycles. The highest BCUT2D eigenvalue weighted by molar-refractivity contribution is 4.49. The topological polar surface area (TPSA) is 29.1 Å². The van der Waals surface area contributed by atoms with Crippen LogP contribution in [0, 0.1) is 0 Å². The number of hydrogen-bond acceptors (Lipinski definition) is 1. The Morgan fingerprint density at radius 2 is 2.00 bits per heavy atom. The summed E-state index contributed by atoms with van der Waals surface area (Å²) in [7, 11) is 0. The third-order valence-electron chi connectivity index (χ3n) is 1.91. The maximum Gasteiger partial charge on any atom is 0.0823 e. The van der Waals surface area contributed by atoms with Gasteiger partial charge in [0.05, 0.1) is 12.7 Å². The van der Waals surface area contributed by atoms with Crippen molar-refractivity contribution in [2.24, 2.45) is 0 Å². The molecule has 0 bridgehead atoms. The first kappa shape index (κ1) is 11.9. The molecule has 0 aliphatic heterocycles. The molecule has 2 heteroatoms. The Kier molecular flexibility index (Phi) is 8.95. The van der Waals surface area contributed by atoms with Gasteiger partial charge in [-0.1, -0.05) is 19.8 Å². The van der Waals surface area contributed by atoms with Gasteiger partial charge in [-0.15, -0.1) is 0 Å². The average Bonchev–Trinajstić information content (AvgIpc) is 2.09. The molecule has 0 aromatic rings. The summed E-state index contributed by atoms with van der Waals surface area (Å²) in [4.78, 5) is 0. The Labute approximate surface area is 75.9 Å². The molecule has 0 spiro atoms. The van der Waals surface area contributed by atoms with Crippen LogP contribution in [0.25, 0.3) is 0 Å². The van der Waals surface area contributed by atoms with E-state index in [9.17, 15) is 5.11 Å². The normalized spacial score (nSPS) is 13.2. The lowest BCUT2D eigenvalue weighted by atomic mass is 10.2. The fourth-order valence-electron chi connectivity index (χ4n) is 1.06. The van der Waals surface area contributed by atoms with Gasteiger partial charge in [-0.3, -0.25) is 0 Å². The fourth-order valence-corrected chi connectivity index (χ4v) is 1.06. The number of rotatable bonds is 8. The molecular weight excluding hydrogens is 152 g/mol. The lowest BCUT2D eigenvalue weighted by molar-refractivity contribution is 0.0518. The third kappa shape index (κ3) is 8.02. The molecule has 0 aliphatic rings. The molecule has 0 aromatic carbocycles. The van der Waals surface area contributed by atoms with Gasteiger partial charge in [0.25, 0.3) is 0 Å². The zero-order chi connectivity index (χ0) is 9.23. The van der Waals surface area contributed by atoms with Crippen molar-refractivity contribution in [2.75, 3.05) is 13.2 Å². The summed E-state index contributed by atoms with van der Waals surface area (Å²) in [5.41, 5.74) is 0. The summed E-state index contributed by atoms with van der Waals surface area (Å²) in [5, 5.41) is 10.1. The fraction of sp³-hybridized carbons (Fsp3) is 1.00. The Morgan fingerprint density at radius 3 is 2.58 bits per heavy atom. The van der Waals surface area contributed by atoms with Crippen LogP contribution in [0.4, 0.5) is 0 Å². The third-order valence-corrected chi connectivity index (χ3v) is 1.91. The molecular formula is C10H21O2. The van der Waals surface area contributed by atoms with E-state index in [1.54, 1.807) is 0 Å². The molecule has 0 fully saturated rings. The van der Waals surface area contributed by atoms with Crippen LogP contribution in [-0.2, 0) is 9.84 Å². The van der Waals surface area contributed by atoms with E-state index in [1.165, 1.54) is 12.8 Å². The summed E-state index contributed by atoms with van der Waals surface area (Å²) in [6.45, 7) is 5.08. The van der Waals surface area contributed by atoms with Gasteiger partial charge in [-0.2, -0.15) is 0 Å². The van der Waals surface area contributed by atoms with Crippen LogP contribution >= 0.6 is 0 Å². The van der Waals surface area contributed by atoms with E-state index in [2.05, 4.69) is 13.8 Å². The Balaban J connectivity index is 3.02. The predicted octanol–water partition coefficient (Wildman–Crippen LogP) is 2.79. The van der Waals surface area contributed by atoms with Gasteiger partial charge in [0.2, 0.25) is 0 Å². The van der Waals surface area contributed by atoms with Crippen molar-refractivity contribution in [3.05, 3.63) is 0 Å². The molecule has 0 amide bonds. The van der Waals surface area contributed by atoms with Crippen molar-refractivity contribution in [1.82, 2.24) is 0 Å². The minimum absolute atomic E-state index is 0.0344. The van der Waals surface area contributed by atoms with Gasteiger partial charge in [0, 0.05) is 6.61 Å². The maximum atomic E-state index is 10.1. The number of hydrogen-bond donors (Lipinski definition) is 0. The molecule has 1 atom stereocenters. The highest BCUT2D eigenvalue weighted by Crippen LogP contribution is 2.04. The van der Waals surface area contributed by atoms with Crippen molar-refractivity contribution >= 4 is 0 Å². The second-order valence-corrected chi connectivity index (χ2v) is 3.23. The zero-order valence-electron chi connectivity index (χ0n) is 8.34. The second-order valence-electron chi connectivity index (χ2n) is 3.23. The Hall–Kier alpha value is -0.0800. The highest BCUT2D eigenvalue weighted by atomic mass is 16.5. The molecule has 2 nitrogen and oxygen atoms in total. The number of ether oxygens (including phenoxy) is 1. The molecule has 0 saturated carbocycles. The van der Waals surface area contributed by atoms with Crippen molar-refractivity contribution < 1.29 is 9.84 Å². The summed E-state index contributed by atoms with van der Waals surface area (Å²) in [6.07, 6.45) is 5.65. The molecule has 0 N–H and O–H groups in total. The van der Waals surface area contributed by atoms with Crippen LogP contribution in [0.1, 0.15) is 46.0 Å². The van der Waals surface area contributed by atoms with E-state index < -0.39 is 0 Å². The molecule has 73 valence electrons. The lowest BCUT2D eigenvalue weighted by Crippen LogP contribution is -2.09. The smallest absolute Gasteiger partial charge is 0.0823 e. The lowest BCUT2D eigenvalue weighted by Gasteiger charge is -2.11. The summed E-state index contributed by atoms with van der Waals surface area (Å²) in [5.74, 6) is 0. The summed E-state index contributed by atoms with van der Waals surface area (Å²) >= 11 is 0. The van der Waals surface area contributed by atoms with E-state index in [0.29, 0.717) is 6.10 Å². The van der Waals surface area contributed by atoms with Crippen molar-refractivity contribution in [3.63, 3.8) is 0 Å². The first-order valence-electron chi connectivity index (χ1n) is 5.01. The van der Waals surface area contributed by atoms with Crippen LogP contribution in [0.15, 0.2) is 0 Å². The monoisotopic (exact) mass is 173 g/mol. The van der Waals surface area contributed by atoms with Crippen LogP contribution in [-0.4, -0.2) is 19.3 Å². The van der Waals surface area contributed by atoms with E-state index in [-0.39, 0.29) is 6.61 Å². The van der Waals surface area contributed by atoms with Crippen LogP contribution < -0.4 is 0 Å². The summed E-state index contributed by atoms with van der Waals surface area (Å²) in [6, 6.07) is 0. The first-order chi connectivity index (χ1) is 5.81. The number of unbranched alkanes of at least 4 members (excludes halogenated alkanes) is 2.